The normalized spacial score (nSPS) is 20.6. The quantitative estimate of drug-likeness (QED) is 0.633. The van der Waals surface area contributed by atoms with Gasteiger partial charge in [-0.3, -0.25) is 14.9 Å². The van der Waals surface area contributed by atoms with Crippen LogP contribution in [0.1, 0.15) is 6.42 Å². The number of aromatic nitrogens is 1. The molecule has 2 aromatic rings. The largest absolute Gasteiger partial charge is 0.423 e. The third kappa shape index (κ3) is 3.61. The topological polar surface area (TPSA) is 122 Å². The maximum absolute atomic E-state index is 12.2. The van der Waals surface area contributed by atoms with E-state index in [4.69, 9.17) is 21.8 Å². The summed E-state index contributed by atoms with van der Waals surface area (Å²) in [5.41, 5.74) is 6.36. The van der Waals surface area contributed by atoms with Crippen LogP contribution in [0.25, 0.3) is 11.1 Å². The van der Waals surface area contributed by atoms with Crippen LogP contribution in [0.2, 0.25) is 5.02 Å². The van der Waals surface area contributed by atoms with Gasteiger partial charge < -0.3 is 20.8 Å². The Morgan fingerprint density at radius 1 is 1.48 bits per heavy atom. The fraction of sp³-hybridized carbons (Fsp3) is 0.357. The molecule has 1 fully saturated rings. The van der Waals surface area contributed by atoms with Crippen molar-refractivity contribution in [3.8, 4) is 0 Å². The summed E-state index contributed by atoms with van der Waals surface area (Å²) >= 11 is 5.88. The standard InChI is InChI=1S/C14H16ClN5O3/c15-7-1-2-11-9(3-7)19-14(23-11)20-13(22)10-4-8(6-17-10)18-12(21)5-16/h1-3,8,10,17H,4-6,16H2,(H,18,21)(H,19,20,22). The molecule has 122 valence electrons. The Labute approximate surface area is 136 Å². The summed E-state index contributed by atoms with van der Waals surface area (Å²) in [6.07, 6.45) is 0.476. The number of anilines is 1. The summed E-state index contributed by atoms with van der Waals surface area (Å²) in [4.78, 5) is 27.7. The molecule has 2 amide bonds. The average molecular weight is 338 g/mol. The molecular weight excluding hydrogens is 322 g/mol. The molecule has 1 aliphatic heterocycles. The Morgan fingerprint density at radius 3 is 3.09 bits per heavy atom. The van der Waals surface area contributed by atoms with Gasteiger partial charge in [0.1, 0.15) is 5.52 Å². The molecule has 1 aromatic heterocycles. The van der Waals surface area contributed by atoms with Crippen LogP contribution in [0.4, 0.5) is 6.01 Å². The predicted octanol–water partition coefficient (Wildman–Crippen LogP) is 0.225. The molecule has 5 N–H and O–H groups in total. The number of nitrogens with two attached hydrogens (primary N) is 1. The molecule has 2 unspecified atom stereocenters. The molecule has 1 aliphatic rings. The minimum atomic E-state index is -0.434. The van der Waals surface area contributed by atoms with E-state index in [0.717, 1.165) is 0 Å². The number of amides is 2. The van der Waals surface area contributed by atoms with E-state index in [9.17, 15) is 9.59 Å². The van der Waals surface area contributed by atoms with Crippen molar-refractivity contribution < 1.29 is 14.0 Å². The van der Waals surface area contributed by atoms with Gasteiger partial charge in [0.15, 0.2) is 5.58 Å². The summed E-state index contributed by atoms with van der Waals surface area (Å²) in [6, 6.07) is 4.59. The molecule has 1 saturated heterocycles. The highest BCUT2D eigenvalue weighted by atomic mass is 35.5. The van der Waals surface area contributed by atoms with E-state index in [-0.39, 0.29) is 30.4 Å². The maximum atomic E-state index is 12.2. The highest BCUT2D eigenvalue weighted by Gasteiger charge is 2.30. The van der Waals surface area contributed by atoms with Crippen LogP contribution in [0, 0.1) is 0 Å². The van der Waals surface area contributed by atoms with E-state index in [1.807, 2.05) is 0 Å². The van der Waals surface area contributed by atoms with Gasteiger partial charge in [-0.15, -0.1) is 0 Å². The van der Waals surface area contributed by atoms with Crippen LogP contribution in [0.3, 0.4) is 0 Å². The SMILES string of the molecule is NCC(=O)NC1CNC(C(=O)Nc2nc3cc(Cl)ccc3o2)C1. The highest BCUT2D eigenvalue weighted by Crippen LogP contribution is 2.22. The second kappa shape index (κ2) is 6.53. The van der Waals surface area contributed by atoms with Crippen molar-refractivity contribution in [1.29, 1.82) is 0 Å². The number of carbonyl (C=O) groups excluding carboxylic acids is 2. The molecule has 2 heterocycles. The van der Waals surface area contributed by atoms with Crippen LogP contribution >= 0.6 is 11.6 Å². The lowest BCUT2D eigenvalue weighted by Gasteiger charge is -2.11. The van der Waals surface area contributed by atoms with Crippen LogP contribution in [-0.4, -0.2) is 42.0 Å². The van der Waals surface area contributed by atoms with Gasteiger partial charge in [-0.2, -0.15) is 4.98 Å². The van der Waals surface area contributed by atoms with Gasteiger partial charge in [0.05, 0.1) is 12.6 Å². The van der Waals surface area contributed by atoms with Gasteiger partial charge in [0.2, 0.25) is 11.8 Å². The van der Waals surface area contributed by atoms with Gasteiger partial charge in [0, 0.05) is 17.6 Å². The zero-order valence-electron chi connectivity index (χ0n) is 12.1. The number of benzene rings is 1. The molecular formula is C14H16ClN5O3. The zero-order chi connectivity index (χ0) is 16.4. The number of rotatable bonds is 4. The number of oxazole rings is 1. The lowest BCUT2D eigenvalue weighted by atomic mass is 10.1. The van der Waals surface area contributed by atoms with Crippen molar-refractivity contribution >= 4 is 40.5 Å². The molecule has 23 heavy (non-hydrogen) atoms. The van der Waals surface area contributed by atoms with Crippen molar-refractivity contribution in [3.05, 3.63) is 23.2 Å². The summed E-state index contributed by atoms with van der Waals surface area (Å²) in [6.45, 7) is 0.436. The van der Waals surface area contributed by atoms with E-state index < -0.39 is 6.04 Å². The smallest absolute Gasteiger partial charge is 0.302 e. The molecule has 9 heteroatoms. The first-order chi connectivity index (χ1) is 11.0. The minimum Gasteiger partial charge on any atom is -0.423 e. The van der Waals surface area contributed by atoms with E-state index in [1.165, 1.54) is 0 Å². The summed E-state index contributed by atoms with van der Waals surface area (Å²) in [5, 5.41) is 8.95. The van der Waals surface area contributed by atoms with Crippen molar-refractivity contribution in [3.63, 3.8) is 0 Å². The summed E-state index contributed by atoms with van der Waals surface area (Å²) < 4.78 is 5.45. The molecule has 0 aliphatic carbocycles. The first kappa shape index (κ1) is 15.7. The predicted molar refractivity (Wildman–Crippen MR) is 85.0 cm³/mol. The number of nitrogens with zero attached hydrogens (tertiary/aromatic N) is 1. The monoisotopic (exact) mass is 337 g/mol. The third-order valence-corrected chi connectivity index (χ3v) is 3.81. The average Bonchev–Trinajstić information content (AvgIpc) is 3.13. The Balaban J connectivity index is 1.61. The molecule has 0 radical (unpaired) electrons. The molecule has 0 bridgehead atoms. The fourth-order valence-corrected chi connectivity index (χ4v) is 2.64. The molecule has 2 atom stereocenters. The third-order valence-electron chi connectivity index (χ3n) is 3.58. The van der Waals surface area contributed by atoms with E-state index in [1.54, 1.807) is 18.2 Å². The second-order valence-corrected chi connectivity index (χ2v) is 5.72. The van der Waals surface area contributed by atoms with E-state index >= 15 is 0 Å². The highest BCUT2D eigenvalue weighted by molar-refractivity contribution is 6.31. The van der Waals surface area contributed by atoms with E-state index in [2.05, 4.69) is 20.9 Å². The Morgan fingerprint density at radius 2 is 2.30 bits per heavy atom. The molecule has 3 rings (SSSR count). The Kier molecular flexibility index (Phi) is 4.46. The number of hydrogen-bond acceptors (Lipinski definition) is 6. The van der Waals surface area contributed by atoms with Gasteiger partial charge in [-0.25, -0.2) is 0 Å². The Bertz CT molecular complexity index is 747. The molecule has 1 aromatic carbocycles. The minimum absolute atomic E-state index is 0.0706. The summed E-state index contributed by atoms with van der Waals surface area (Å²) in [5.74, 6) is -0.513. The molecule has 0 spiro atoms. The van der Waals surface area contributed by atoms with E-state index in [0.29, 0.717) is 29.1 Å². The first-order valence-corrected chi connectivity index (χ1v) is 7.52. The van der Waals surface area contributed by atoms with Gasteiger partial charge >= 0.3 is 6.01 Å². The van der Waals surface area contributed by atoms with Crippen molar-refractivity contribution in [2.45, 2.75) is 18.5 Å². The fourth-order valence-electron chi connectivity index (χ4n) is 2.48. The summed E-state index contributed by atoms with van der Waals surface area (Å²) in [7, 11) is 0. The number of nitrogens with one attached hydrogen (secondary N) is 3. The zero-order valence-corrected chi connectivity index (χ0v) is 12.9. The van der Waals surface area contributed by atoms with Crippen LogP contribution in [-0.2, 0) is 9.59 Å². The number of carbonyl (C=O) groups is 2. The number of fused-ring (bicyclic) bond motifs is 1. The van der Waals surface area contributed by atoms with Crippen LogP contribution < -0.4 is 21.7 Å². The van der Waals surface area contributed by atoms with Crippen molar-refractivity contribution in [2.24, 2.45) is 5.73 Å². The number of halogens is 1. The van der Waals surface area contributed by atoms with Gasteiger partial charge in [-0.05, 0) is 24.6 Å². The lowest BCUT2D eigenvalue weighted by molar-refractivity contribution is -0.121. The second-order valence-electron chi connectivity index (χ2n) is 5.29. The lowest BCUT2D eigenvalue weighted by Crippen LogP contribution is -2.39. The van der Waals surface area contributed by atoms with Gasteiger partial charge in [-0.1, -0.05) is 11.6 Å². The van der Waals surface area contributed by atoms with Crippen LogP contribution in [0.15, 0.2) is 22.6 Å². The van der Waals surface area contributed by atoms with Crippen LogP contribution in [0.5, 0.6) is 0 Å². The maximum Gasteiger partial charge on any atom is 0.302 e. The molecule has 0 saturated carbocycles. The van der Waals surface area contributed by atoms with Crippen molar-refractivity contribution in [1.82, 2.24) is 15.6 Å². The van der Waals surface area contributed by atoms with Crippen molar-refractivity contribution in [2.75, 3.05) is 18.4 Å². The Hall–Kier alpha value is -2.16. The first-order valence-electron chi connectivity index (χ1n) is 7.15. The molecule has 8 nitrogen and oxygen atoms in total. The number of hydrogen-bond donors (Lipinski definition) is 4. The van der Waals surface area contributed by atoms with Gasteiger partial charge in [0.25, 0.3) is 0 Å².